The van der Waals surface area contributed by atoms with Gasteiger partial charge in [0.15, 0.2) is 5.58 Å². The third-order valence-corrected chi connectivity index (χ3v) is 6.04. The number of halogens is 3. The Labute approximate surface area is 177 Å². The minimum Gasteiger partial charge on any atom is -0.408 e. The van der Waals surface area contributed by atoms with Gasteiger partial charge in [-0.15, -0.1) is 0 Å². The van der Waals surface area contributed by atoms with Crippen LogP contribution >= 0.6 is 0 Å². The molecule has 1 fully saturated rings. The lowest BCUT2D eigenvalue weighted by Crippen LogP contribution is -2.51. The zero-order chi connectivity index (χ0) is 22.3. The van der Waals surface area contributed by atoms with E-state index in [-0.39, 0.29) is 6.04 Å². The van der Waals surface area contributed by atoms with Crippen LogP contribution in [0.15, 0.2) is 51.7 Å². The SMILES string of the molecule is C[C@@H]([C@H](O)c1ccc2c(c1)oc(=O)n2C)N1CCN(c2cccc(C(F)(F)F)c2)CC1. The number of oxazole rings is 1. The fourth-order valence-corrected chi connectivity index (χ4v) is 4.08. The Morgan fingerprint density at radius 1 is 1.06 bits per heavy atom. The Morgan fingerprint density at radius 2 is 1.77 bits per heavy atom. The van der Waals surface area contributed by atoms with Crippen molar-refractivity contribution in [3.8, 4) is 0 Å². The van der Waals surface area contributed by atoms with Crippen molar-refractivity contribution >= 4 is 16.8 Å². The molecule has 1 aliphatic heterocycles. The molecule has 0 unspecified atom stereocenters. The number of alkyl halides is 3. The maximum absolute atomic E-state index is 13.0. The van der Waals surface area contributed by atoms with Gasteiger partial charge in [0.25, 0.3) is 0 Å². The number of anilines is 1. The van der Waals surface area contributed by atoms with Crippen LogP contribution in [0.2, 0.25) is 0 Å². The number of nitrogens with zero attached hydrogens (tertiary/aromatic N) is 3. The number of aliphatic hydroxyl groups is 1. The van der Waals surface area contributed by atoms with Crippen molar-refractivity contribution in [2.24, 2.45) is 7.05 Å². The molecule has 0 amide bonds. The van der Waals surface area contributed by atoms with Crippen LogP contribution < -0.4 is 10.7 Å². The molecule has 0 bridgehead atoms. The van der Waals surface area contributed by atoms with Crippen LogP contribution in [0.5, 0.6) is 0 Å². The molecule has 2 aromatic carbocycles. The van der Waals surface area contributed by atoms with Gasteiger partial charge in [-0.25, -0.2) is 4.79 Å². The summed E-state index contributed by atoms with van der Waals surface area (Å²) in [6.07, 6.45) is -5.16. The number of rotatable bonds is 4. The van der Waals surface area contributed by atoms with Gasteiger partial charge in [-0.1, -0.05) is 12.1 Å². The molecule has 0 spiro atoms. The lowest BCUT2D eigenvalue weighted by atomic mass is 10.0. The standard InChI is InChI=1S/C22H24F3N3O3/c1-14(20(29)15-6-7-18-19(12-15)31-21(30)26(18)2)27-8-10-28(11-9-27)17-5-3-4-16(13-17)22(23,24)25/h3-7,12-14,20,29H,8-11H2,1-2H3/t14-,20-/m0/s1. The van der Waals surface area contributed by atoms with Crippen LogP contribution in [0.1, 0.15) is 24.2 Å². The van der Waals surface area contributed by atoms with E-state index in [1.54, 1.807) is 31.3 Å². The molecule has 0 radical (unpaired) electrons. The average Bonchev–Trinajstić information content (AvgIpc) is 3.05. The normalized spacial score (nSPS) is 17.8. The first-order valence-corrected chi connectivity index (χ1v) is 10.1. The van der Waals surface area contributed by atoms with Crippen LogP contribution in [0.25, 0.3) is 11.1 Å². The zero-order valence-corrected chi connectivity index (χ0v) is 17.3. The quantitative estimate of drug-likeness (QED) is 0.681. The fourth-order valence-electron chi connectivity index (χ4n) is 4.08. The van der Waals surface area contributed by atoms with Gasteiger partial charge >= 0.3 is 11.9 Å². The van der Waals surface area contributed by atoms with Gasteiger partial charge < -0.3 is 14.4 Å². The molecule has 9 heteroatoms. The van der Waals surface area contributed by atoms with Crippen molar-refractivity contribution in [2.45, 2.75) is 25.2 Å². The lowest BCUT2D eigenvalue weighted by molar-refractivity contribution is -0.137. The second-order valence-electron chi connectivity index (χ2n) is 7.91. The van der Waals surface area contributed by atoms with Gasteiger partial charge in [-0.05, 0) is 42.8 Å². The van der Waals surface area contributed by atoms with Crippen LogP contribution in [0.3, 0.4) is 0 Å². The number of benzene rings is 2. The molecule has 31 heavy (non-hydrogen) atoms. The van der Waals surface area contributed by atoms with E-state index < -0.39 is 23.6 Å². The Hall–Kier alpha value is -2.78. The van der Waals surface area contributed by atoms with Crippen LogP contribution in [0, 0.1) is 0 Å². The molecule has 3 aromatic rings. The fraction of sp³-hybridized carbons (Fsp3) is 0.409. The summed E-state index contributed by atoms with van der Waals surface area (Å²) in [5.41, 5.74) is 1.62. The highest BCUT2D eigenvalue weighted by molar-refractivity contribution is 5.73. The number of aryl methyl sites for hydroxylation is 1. The van der Waals surface area contributed by atoms with E-state index in [0.717, 1.165) is 6.07 Å². The summed E-state index contributed by atoms with van der Waals surface area (Å²) < 4.78 is 45.6. The minimum absolute atomic E-state index is 0.212. The Morgan fingerprint density at radius 3 is 2.45 bits per heavy atom. The maximum atomic E-state index is 13.0. The number of fused-ring (bicyclic) bond motifs is 1. The largest absolute Gasteiger partial charge is 0.419 e. The van der Waals surface area contributed by atoms with Crippen molar-refractivity contribution in [2.75, 3.05) is 31.1 Å². The highest BCUT2D eigenvalue weighted by atomic mass is 19.4. The monoisotopic (exact) mass is 435 g/mol. The van der Waals surface area contributed by atoms with E-state index in [0.29, 0.717) is 48.5 Å². The van der Waals surface area contributed by atoms with Crippen LogP contribution in [-0.4, -0.2) is 46.8 Å². The molecule has 2 atom stereocenters. The molecular formula is C22H24F3N3O3. The molecule has 0 saturated carbocycles. The van der Waals surface area contributed by atoms with Crippen LogP contribution in [-0.2, 0) is 13.2 Å². The summed E-state index contributed by atoms with van der Waals surface area (Å²) in [7, 11) is 1.62. The van der Waals surface area contributed by atoms with Crippen molar-refractivity contribution < 1.29 is 22.7 Å². The summed E-state index contributed by atoms with van der Waals surface area (Å²) in [5, 5.41) is 10.9. The summed E-state index contributed by atoms with van der Waals surface area (Å²) >= 11 is 0. The maximum Gasteiger partial charge on any atom is 0.419 e. The molecule has 1 aliphatic rings. The molecule has 6 nitrogen and oxygen atoms in total. The van der Waals surface area contributed by atoms with E-state index in [4.69, 9.17) is 4.42 Å². The molecule has 2 heterocycles. The number of hydrogen-bond donors (Lipinski definition) is 1. The Bertz CT molecular complexity index is 1130. The average molecular weight is 435 g/mol. The number of aliphatic hydroxyl groups excluding tert-OH is 1. The number of aromatic nitrogens is 1. The van der Waals surface area contributed by atoms with Crippen molar-refractivity contribution in [1.29, 1.82) is 0 Å². The predicted octanol–water partition coefficient (Wildman–Crippen LogP) is 3.39. The third-order valence-electron chi connectivity index (χ3n) is 6.04. The summed E-state index contributed by atoms with van der Waals surface area (Å²) in [5.74, 6) is -0.458. The third kappa shape index (κ3) is 4.20. The second kappa shape index (κ2) is 8.05. The van der Waals surface area contributed by atoms with Gasteiger partial charge in [-0.3, -0.25) is 9.47 Å². The topological polar surface area (TPSA) is 61.9 Å². The number of hydrogen-bond acceptors (Lipinski definition) is 5. The first-order chi connectivity index (χ1) is 14.6. The Kier molecular flexibility index (Phi) is 5.57. The molecular weight excluding hydrogens is 411 g/mol. The predicted molar refractivity (Wildman–Crippen MR) is 111 cm³/mol. The molecule has 0 aliphatic carbocycles. The number of piperazine rings is 1. The minimum atomic E-state index is -4.37. The highest BCUT2D eigenvalue weighted by Crippen LogP contribution is 2.32. The molecule has 166 valence electrons. The van der Waals surface area contributed by atoms with Gasteiger partial charge in [0.2, 0.25) is 0 Å². The summed E-state index contributed by atoms with van der Waals surface area (Å²) in [6.45, 7) is 4.25. The lowest BCUT2D eigenvalue weighted by Gasteiger charge is -2.40. The van der Waals surface area contributed by atoms with Gasteiger partial charge in [0.05, 0.1) is 17.2 Å². The smallest absolute Gasteiger partial charge is 0.408 e. The molecule has 1 saturated heterocycles. The van der Waals surface area contributed by atoms with Crippen molar-refractivity contribution in [3.63, 3.8) is 0 Å². The summed E-state index contributed by atoms with van der Waals surface area (Å²) in [4.78, 5) is 15.7. The van der Waals surface area contributed by atoms with Gasteiger partial charge in [-0.2, -0.15) is 13.2 Å². The van der Waals surface area contributed by atoms with Gasteiger partial charge in [0, 0.05) is 45.0 Å². The van der Waals surface area contributed by atoms with Crippen molar-refractivity contribution in [1.82, 2.24) is 9.47 Å². The highest BCUT2D eigenvalue weighted by Gasteiger charge is 2.32. The molecule has 1 N–H and O–H groups in total. The van der Waals surface area contributed by atoms with E-state index in [1.807, 2.05) is 11.8 Å². The molecule has 4 rings (SSSR count). The second-order valence-corrected chi connectivity index (χ2v) is 7.91. The van der Waals surface area contributed by atoms with E-state index >= 15 is 0 Å². The van der Waals surface area contributed by atoms with E-state index in [2.05, 4.69) is 4.90 Å². The van der Waals surface area contributed by atoms with E-state index in [9.17, 15) is 23.1 Å². The Balaban J connectivity index is 1.43. The zero-order valence-electron chi connectivity index (χ0n) is 17.3. The summed E-state index contributed by atoms with van der Waals surface area (Å²) in [6, 6.07) is 10.4. The van der Waals surface area contributed by atoms with E-state index in [1.165, 1.54) is 16.7 Å². The first-order valence-electron chi connectivity index (χ1n) is 10.1. The molecule has 1 aromatic heterocycles. The van der Waals surface area contributed by atoms with Crippen LogP contribution in [0.4, 0.5) is 18.9 Å². The van der Waals surface area contributed by atoms with Gasteiger partial charge in [0.1, 0.15) is 0 Å². The van der Waals surface area contributed by atoms with Crippen molar-refractivity contribution in [3.05, 3.63) is 64.1 Å². The first kappa shape index (κ1) is 21.5.